The highest BCUT2D eigenvalue weighted by atomic mass is 19.1. The Morgan fingerprint density at radius 3 is 2.34 bits per heavy atom. The van der Waals surface area contributed by atoms with Gasteiger partial charge in [0.2, 0.25) is 29.5 Å². The van der Waals surface area contributed by atoms with Crippen LogP contribution in [-0.4, -0.2) is 147 Å². The molecular weight excluding hydrogens is 1050 g/mol. The zero-order chi connectivity index (χ0) is 57.2. The molecular formula is C54H59FN10O15. The predicted octanol–water partition coefficient (Wildman–Crippen LogP) is -1.66. The first-order valence-electron chi connectivity index (χ1n) is 26.0. The van der Waals surface area contributed by atoms with Crippen LogP contribution in [0, 0.1) is 18.2 Å². The minimum atomic E-state index is -2.05. The average Bonchev–Trinajstić information content (AvgIpc) is 4.22. The minimum Gasteiger partial charge on any atom is -0.480 e. The molecule has 0 bridgehead atoms. The number of nitrogens with one attached hydrogen (secondary N) is 7. The molecule has 80 heavy (non-hydrogen) atoms. The number of hydrogen-bond donors (Lipinski definition) is 10. The lowest BCUT2D eigenvalue weighted by atomic mass is 9.81. The number of carbonyl (C=O) groups excluding carboxylic acids is 8. The maximum atomic E-state index is 15.5. The molecule has 7 amide bonds. The Kier molecular flexibility index (Phi) is 16.4. The molecule has 10 N–H and O–H groups in total. The van der Waals surface area contributed by atoms with Gasteiger partial charge in [0.05, 0.1) is 80.0 Å². The van der Waals surface area contributed by atoms with E-state index in [1.165, 1.54) is 10.6 Å². The summed E-state index contributed by atoms with van der Waals surface area (Å²) < 4.78 is 28.1. The highest BCUT2D eigenvalue weighted by Crippen LogP contribution is 2.49. The number of carboxylic acid groups (broad SMARTS) is 1. The van der Waals surface area contributed by atoms with Crippen molar-refractivity contribution in [3.8, 4) is 11.4 Å². The number of cyclic esters (lactones) is 1. The molecule has 0 spiro atoms. The average molecular weight is 1110 g/mol. The van der Waals surface area contributed by atoms with Gasteiger partial charge >= 0.3 is 11.9 Å². The summed E-state index contributed by atoms with van der Waals surface area (Å²) >= 11 is 0. The third kappa shape index (κ3) is 11.4. The quantitative estimate of drug-likeness (QED) is 0.0143. The van der Waals surface area contributed by atoms with E-state index in [2.05, 4.69) is 37.2 Å². The lowest BCUT2D eigenvalue weighted by Crippen LogP contribution is -2.56. The van der Waals surface area contributed by atoms with Gasteiger partial charge in [-0.1, -0.05) is 37.3 Å². The summed E-state index contributed by atoms with van der Waals surface area (Å²) in [5, 5.41) is 50.0. The fourth-order valence-electron chi connectivity index (χ4n) is 10.6. The number of nitrogens with zero attached hydrogens (tertiary/aromatic N) is 3. The highest BCUT2D eigenvalue weighted by Gasteiger charge is 2.51. The first-order valence-corrected chi connectivity index (χ1v) is 26.0. The van der Waals surface area contributed by atoms with E-state index in [4.69, 9.17) is 19.6 Å². The SMILES string of the molecule is CC[C@@]1(O)C(=O)OCc2c1cc1n(c2=O)Cc2c-1nc1cc(F)c(C)c3c1c2[C@@H](NC(=O)C1(COCNC(O)CNC(=O)[C@H](Cc2ccccc2)NC(=O)CNC(=O)CNC(=O)[C@@H](CNCC(=O)O)N2C(=O)C=CC2=O)CC1)CC3. The molecule has 3 aliphatic heterocycles. The molecule has 26 heteroatoms. The van der Waals surface area contributed by atoms with Crippen LogP contribution in [-0.2, 0) is 84.2 Å². The number of aliphatic hydroxyl groups is 2. The number of carboxylic acids is 1. The number of benzene rings is 2. The third-order valence-electron chi connectivity index (χ3n) is 15.2. The number of halogens is 1. The molecule has 2 aliphatic carbocycles. The van der Waals surface area contributed by atoms with Crippen LogP contribution in [0.3, 0.4) is 0 Å². The normalized spacial score (nSPS) is 19.2. The summed E-state index contributed by atoms with van der Waals surface area (Å²) in [6, 6.07) is 8.34. The van der Waals surface area contributed by atoms with Crippen molar-refractivity contribution < 1.29 is 72.3 Å². The number of esters is 1. The lowest BCUT2D eigenvalue weighted by molar-refractivity contribution is -0.172. The fourth-order valence-corrected chi connectivity index (χ4v) is 10.6. The molecule has 0 saturated heterocycles. The van der Waals surface area contributed by atoms with Gasteiger partial charge in [-0.3, -0.25) is 53.4 Å². The van der Waals surface area contributed by atoms with E-state index in [1.807, 2.05) is 0 Å². The van der Waals surface area contributed by atoms with E-state index in [9.17, 15) is 58.2 Å². The molecule has 2 aromatic heterocycles. The maximum Gasteiger partial charge on any atom is 0.343 e. The van der Waals surface area contributed by atoms with Crippen LogP contribution >= 0.6 is 0 Å². The fraction of sp³-hybridized carbons (Fsp3) is 0.426. The maximum absolute atomic E-state index is 15.5. The van der Waals surface area contributed by atoms with Crippen LogP contribution in [0.15, 0.2) is 59.4 Å². The number of hydrogen-bond acceptors (Lipinski definition) is 17. The van der Waals surface area contributed by atoms with Gasteiger partial charge in [0, 0.05) is 47.7 Å². The summed E-state index contributed by atoms with van der Waals surface area (Å²) in [6.07, 6.45) is 2.32. The van der Waals surface area contributed by atoms with Crippen LogP contribution in [0.4, 0.5) is 4.39 Å². The van der Waals surface area contributed by atoms with Gasteiger partial charge in [0.1, 0.15) is 30.7 Å². The van der Waals surface area contributed by atoms with E-state index in [0.717, 1.165) is 17.7 Å². The van der Waals surface area contributed by atoms with Crippen molar-refractivity contribution in [3.05, 3.63) is 110 Å². The van der Waals surface area contributed by atoms with Crippen molar-refractivity contribution in [2.45, 2.75) is 95.5 Å². The molecule has 4 aromatic rings. The monoisotopic (exact) mass is 1110 g/mol. The van der Waals surface area contributed by atoms with Gasteiger partial charge in [0.15, 0.2) is 5.60 Å². The molecule has 2 aromatic carbocycles. The number of aliphatic hydroxyl groups excluding tert-OH is 1. The topological polar surface area (TPSA) is 355 Å². The zero-order valence-electron chi connectivity index (χ0n) is 43.6. The molecule has 1 fully saturated rings. The van der Waals surface area contributed by atoms with Crippen molar-refractivity contribution in [2.75, 3.05) is 46.1 Å². The summed E-state index contributed by atoms with van der Waals surface area (Å²) in [5.41, 5.74) is 1.15. The molecule has 5 heterocycles. The van der Waals surface area contributed by atoms with Crippen molar-refractivity contribution >= 4 is 64.2 Å². The van der Waals surface area contributed by atoms with E-state index in [1.54, 1.807) is 50.2 Å². The van der Waals surface area contributed by atoms with Crippen LogP contribution in [0.2, 0.25) is 0 Å². The Hall–Kier alpha value is -8.30. The Morgan fingerprint density at radius 2 is 1.64 bits per heavy atom. The number of amides is 7. The largest absolute Gasteiger partial charge is 0.480 e. The number of aryl methyl sites for hydroxylation is 1. The number of carbonyl (C=O) groups is 9. The Labute approximate surface area is 455 Å². The zero-order valence-corrected chi connectivity index (χ0v) is 43.6. The number of rotatable bonds is 24. The predicted molar refractivity (Wildman–Crippen MR) is 276 cm³/mol. The standard InChI is InChI=1S/C54H59FN10O15/c1-3-54(78)32-16-37-47-30(23-64(37)50(75)31(32)24-80-52(54)77)46-34(10-9-29-27(2)33(55)17-35(62-47)45(29)46)63-51(76)53(13-14-53)25-79-26-60-40(67)20-58-48(73)36(15-28-7-5-4-6-8-28)61-41(68)21-57-39(66)19-59-49(74)38(18-56-22-44(71)72)65-42(69)11-12-43(65)70/h4-8,11-12,16-17,34,36,38,40,56,60,67,78H,3,9-10,13-15,18-26H2,1-2H3,(H,57,66)(H,58,73)(H,59,74)(H,61,68)(H,63,76)(H,71,72)/t34-,36-,38+,40?,54-/m0/s1. The van der Waals surface area contributed by atoms with Gasteiger partial charge in [-0.05, 0) is 67.3 Å². The van der Waals surface area contributed by atoms with Gasteiger partial charge in [0.25, 0.3) is 17.4 Å². The van der Waals surface area contributed by atoms with E-state index >= 15 is 4.39 Å². The van der Waals surface area contributed by atoms with E-state index < -0.39 is 120 Å². The summed E-state index contributed by atoms with van der Waals surface area (Å²) in [4.78, 5) is 134. The van der Waals surface area contributed by atoms with E-state index in [-0.39, 0.29) is 62.9 Å². The number of ether oxygens (including phenoxy) is 2. The number of aromatic nitrogens is 2. The summed E-state index contributed by atoms with van der Waals surface area (Å²) in [7, 11) is 0. The molecule has 1 saturated carbocycles. The van der Waals surface area contributed by atoms with Gasteiger partial charge in [-0.15, -0.1) is 0 Å². The minimum absolute atomic E-state index is 0.0119. The Balaban J connectivity index is 0.776. The number of pyridine rings is 2. The molecule has 9 rings (SSSR count). The Bertz CT molecular complexity index is 3310. The van der Waals surface area contributed by atoms with Crippen molar-refractivity contribution in [3.63, 3.8) is 0 Å². The molecule has 5 aliphatic rings. The molecule has 422 valence electrons. The summed E-state index contributed by atoms with van der Waals surface area (Å²) in [6.45, 7) is 0.104. The van der Waals surface area contributed by atoms with Crippen LogP contribution in [0.25, 0.3) is 22.3 Å². The Morgan fingerprint density at radius 1 is 0.912 bits per heavy atom. The highest BCUT2D eigenvalue weighted by molar-refractivity contribution is 6.15. The number of aliphatic carboxylic acids is 1. The van der Waals surface area contributed by atoms with E-state index in [0.29, 0.717) is 75.1 Å². The van der Waals surface area contributed by atoms with Crippen molar-refractivity contribution in [2.24, 2.45) is 5.41 Å². The van der Waals surface area contributed by atoms with Crippen LogP contribution in [0.1, 0.15) is 77.6 Å². The third-order valence-corrected chi connectivity index (χ3v) is 15.2. The lowest BCUT2D eigenvalue weighted by Gasteiger charge is -2.31. The molecule has 1 unspecified atom stereocenters. The second-order valence-corrected chi connectivity index (χ2v) is 20.3. The first-order chi connectivity index (χ1) is 38.2. The number of fused-ring (bicyclic) bond motifs is 5. The number of imide groups is 1. The van der Waals surface area contributed by atoms with Gasteiger partial charge in [-0.2, -0.15) is 0 Å². The van der Waals surface area contributed by atoms with Gasteiger partial charge < -0.3 is 61.3 Å². The second-order valence-electron chi connectivity index (χ2n) is 20.3. The smallest absolute Gasteiger partial charge is 0.343 e. The summed E-state index contributed by atoms with van der Waals surface area (Å²) in [5.74, 6) is -7.78. The first kappa shape index (κ1) is 56.4. The van der Waals surface area contributed by atoms with Crippen LogP contribution in [0.5, 0.6) is 0 Å². The van der Waals surface area contributed by atoms with Crippen LogP contribution < -0.4 is 42.8 Å². The second kappa shape index (κ2) is 23.2. The molecule has 5 atom stereocenters. The molecule has 25 nitrogen and oxygen atoms in total. The van der Waals surface area contributed by atoms with Crippen molar-refractivity contribution in [1.29, 1.82) is 0 Å². The van der Waals surface area contributed by atoms with Crippen molar-refractivity contribution in [1.82, 2.24) is 51.7 Å². The molecule has 0 radical (unpaired) electrons. The van der Waals surface area contributed by atoms with Gasteiger partial charge in [-0.25, -0.2) is 14.2 Å².